The summed E-state index contributed by atoms with van der Waals surface area (Å²) in [4.78, 5) is 0. The van der Waals surface area contributed by atoms with Crippen molar-refractivity contribution in [2.24, 2.45) is 0 Å². The van der Waals surface area contributed by atoms with Crippen LogP contribution in [-0.4, -0.2) is 27.3 Å². The van der Waals surface area contributed by atoms with Crippen molar-refractivity contribution < 1.29 is 4.74 Å². The summed E-state index contributed by atoms with van der Waals surface area (Å²) in [7, 11) is 1.65. The highest BCUT2D eigenvalue weighted by molar-refractivity contribution is 5.30. The smallest absolute Gasteiger partial charge is 0.243 e. The fraction of sp³-hybridized carbons (Fsp3) is 0.250. The zero-order valence-corrected chi connectivity index (χ0v) is 10.2. The molecular formula is C12H15N5O. The first-order valence-electron chi connectivity index (χ1n) is 5.57. The maximum absolute atomic E-state index is 5.10. The van der Waals surface area contributed by atoms with Gasteiger partial charge in [-0.25, -0.2) is 4.68 Å². The summed E-state index contributed by atoms with van der Waals surface area (Å²) in [5.41, 5.74) is 1.13. The van der Waals surface area contributed by atoms with Crippen LogP contribution >= 0.6 is 0 Å². The molecule has 0 aliphatic heterocycles. The first kappa shape index (κ1) is 12.1. The zero-order chi connectivity index (χ0) is 12.8. The maximum atomic E-state index is 5.10. The fourth-order valence-electron chi connectivity index (χ4n) is 1.50. The van der Waals surface area contributed by atoms with Crippen molar-refractivity contribution in [3.05, 3.63) is 42.5 Å². The number of anilines is 1. The van der Waals surface area contributed by atoms with Gasteiger partial charge >= 0.3 is 0 Å². The molecule has 0 atom stereocenters. The lowest BCUT2D eigenvalue weighted by atomic mass is 10.2. The Morgan fingerprint density at radius 2 is 2.17 bits per heavy atom. The molecular weight excluding hydrogens is 230 g/mol. The van der Waals surface area contributed by atoms with Crippen LogP contribution in [0.2, 0.25) is 0 Å². The summed E-state index contributed by atoms with van der Waals surface area (Å²) in [5.74, 6) is 1.47. The van der Waals surface area contributed by atoms with Crippen molar-refractivity contribution in [2.75, 3.05) is 12.4 Å². The summed E-state index contributed by atoms with van der Waals surface area (Å²) < 4.78 is 6.75. The molecule has 0 saturated carbocycles. The van der Waals surface area contributed by atoms with E-state index in [1.54, 1.807) is 17.9 Å². The van der Waals surface area contributed by atoms with Gasteiger partial charge in [0, 0.05) is 6.54 Å². The number of rotatable bonds is 6. The van der Waals surface area contributed by atoms with Gasteiger partial charge in [-0.1, -0.05) is 23.3 Å². The second-order valence-corrected chi connectivity index (χ2v) is 3.67. The van der Waals surface area contributed by atoms with Crippen LogP contribution in [0.15, 0.2) is 36.9 Å². The van der Waals surface area contributed by atoms with E-state index < -0.39 is 0 Å². The summed E-state index contributed by atoms with van der Waals surface area (Å²) in [6.07, 6.45) is 1.74. The van der Waals surface area contributed by atoms with Gasteiger partial charge in [-0.3, -0.25) is 0 Å². The minimum Gasteiger partial charge on any atom is -0.497 e. The molecule has 1 aromatic carbocycles. The van der Waals surface area contributed by atoms with Gasteiger partial charge in [0.15, 0.2) is 0 Å². The van der Waals surface area contributed by atoms with Gasteiger partial charge in [-0.15, -0.1) is 6.58 Å². The molecule has 0 saturated heterocycles. The van der Waals surface area contributed by atoms with E-state index in [2.05, 4.69) is 27.4 Å². The highest BCUT2D eigenvalue weighted by Gasteiger charge is 2.03. The van der Waals surface area contributed by atoms with E-state index in [1.807, 2.05) is 24.3 Å². The SMILES string of the molecule is C=CCn1nnnc1NCc1ccc(OC)cc1. The van der Waals surface area contributed by atoms with Crippen LogP contribution in [0.1, 0.15) is 5.56 Å². The molecule has 0 spiro atoms. The van der Waals surface area contributed by atoms with Crippen molar-refractivity contribution in [3.8, 4) is 5.75 Å². The Hall–Kier alpha value is -2.37. The van der Waals surface area contributed by atoms with Crippen LogP contribution in [0.25, 0.3) is 0 Å². The predicted molar refractivity (Wildman–Crippen MR) is 68.3 cm³/mol. The van der Waals surface area contributed by atoms with E-state index in [-0.39, 0.29) is 0 Å². The first-order chi connectivity index (χ1) is 8.83. The number of hydrogen-bond donors (Lipinski definition) is 1. The molecule has 1 heterocycles. The number of nitrogens with zero attached hydrogens (tertiary/aromatic N) is 4. The average molecular weight is 245 g/mol. The summed E-state index contributed by atoms with van der Waals surface area (Å²) >= 11 is 0. The lowest BCUT2D eigenvalue weighted by molar-refractivity contribution is 0.414. The Morgan fingerprint density at radius 1 is 1.39 bits per heavy atom. The molecule has 2 aromatic rings. The zero-order valence-electron chi connectivity index (χ0n) is 10.2. The molecule has 0 amide bonds. The van der Waals surface area contributed by atoms with Gasteiger partial charge in [0.1, 0.15) is 5.75 Å². The minimum absolute atomic E-state index is 0.581. The molecule has 94 valence electrons. The third-order valence-electron chi connectivity index (χ3n) is 2.44. The second-order valence-electron chi connectivity index (χ2n) is 3.67. The molecule has 0 aliphatic carbocycles. The lowest BCUT2D eigenvalue weighted by Gasteiger charge is -2.06. The van der Waals surface area contributed by atoms with Crippen LogP contribution in [0.3, 0.4) is 0 Å². The quantitative estimate of drug-likeness (QED) is 0.781. The number of hydrogen-bond acceptors (Lipinski definition) is 5. The first-order valence-corrected chi connectivity index (χ1v) is 5.57. The molecule has 6 heteroatoms. The summed E-state index contributed by atoms with van der Waals surface area (Å²) in [6, 6.07) is 7.83. The molecule has 1 aromatic heterocycles. The third-order valence-corrected chi connectivity index (χ3v) is 2.44. The van der Waals surface area contributed by atoms with Gasteiger partial charge in [-0.05, 0) is 28.1 Å². The summed E-state index contributed by atoms with van der Waals surface area (Å²) in [5, 5.41) is 14.5. The third kappa shape index (κ3) is 2.85. The summed E-state index contributed by atoms with van der Waals surface area (Å²) in [6.45, 7) is 4.89. The molecule has 0 unspecified atom stereocenters. The largest absolute Gasteiger partial charge is 0.497 e. The Morgan fingerprint density at radius 3 is 2.83 bits per heavy atom. The van der Waals surface area contributed by atoms with Gasteiger partial charge in [0.05, 0.1) is 13.7 Å². The monoisotopic (exact) mass is 245 g/mol. The van der Waals surface area contributed by atoms with Crippen molar-refractivity contribution in [2.45, 2.75) is 13.1 Å². The van der Waals surface area contributed by atoms with E-state index in [0.29, 0.717) is 19.0 Å². The van der Waals surface area contributed by atoms with Crippen molar-refractivity contribution >= 4 is 5.95 Å². The molecule has 2 rings (SSSR count). The van der Waals surface area contributed by atoms with Crippen molar-refractivity contribution in [1.82, 2.24) is 20.2 Å². The molecule has 18 heavy (non-hydrogen) atoms. The minimum atomic E-state index is 0.581. The number of benzene rings is 1. The van der Waals surface area contributed by atoms with Crippen LogP contribution in [-0.2, 0) is 13.1 Å². The molecule has 6 nitrogen and oxygen atoms in total. The Balaban J connectivity index is 1.97. The maximum Gasteiger partial charge on any atom is 0.243 e. The number of methoxy groups -OCH3 is 1. The average Bonchev–Trinajstić information content (AvgIpc) is 2.85. The molecule has 0 bridgehead atoms. The van der Waals surface area contributed by atoms with Crippen molar-refractivity contribution in [3.63, 3.8) is 0 Å². The van der Waals surface area contributed by atoms with Gasteiger partial charge in [0.2, 0.25) is 5.95 Å². The standard InChI is InChI=1S/C12H15N5O/c1-3-8-17-12(14-15-16-17)13-9-10-4-6-11(18-2)7-5-10/h3-7H,1,8-9H2,2H3,(H,13,14,16). The molecule has 0 aliphatic rings. The Bertz CT molecular complexity index is 505. The number of allylic oxidation sites excluding steroid dienone is 1. The van der Waals surface area contributed by atoms with Gasteiger partial charge in [0.25, 0.3) is 0 Å². The van der Waals surface area contributed by atoms with E-state index in [4.69, 9.17) is 4.74 Å². The number of nitrogens with one attached hydrogen (secondary N) is 1. The van der Waals surface area contributed by atoms with Crippen LogP contribution in [0, 0.1) is 0 Å². The van der Waals surface area contributed by atoms with Gasteiger partial charge in [-0.2, -0.15) is 0 Å². The highest BCUT2D eigenvalue weighted by Crippen LogP contribution is 2.12. The van der Waals surface area contributed by atoms with Gasteiger partial charge < -0.3 is 10.1 Å². The van der Waals surface area contributed by atoms with E-state index in [0.717, 1.165) is 11.3 Å². The number of aromatic nitrogens is 4. The highest BCUT2D eigenvalue weighted by atomic mass is 16.5. The van der Waals surface area contributed by atoms with Crippen molar-refractivity contribution in [1.29, 1.82) is 0 Å². The molecule has 1 N–H and O–H groups in total. The van der Waals surface area contributed by atoms with Crippen LogP contribution in [0.5, 0.6) is 5.75 Å². The number of ether oxygens (including phenoxy) is 1. The van der Waals surface area contributed by atoms with E-state index >= 15 is 0 Å². The Labute approximate surface area is 105 Å². The number of tetrazole rings is 1. The normalized spacial score (nSPS) is 10.1. The van der Waals surface area contributed by atoms with Crippen LogP contribution in [0.4, 0.5) is 5.95 Å². The fourth-order valence-corrected chi connectivity index (χ4v) is 1.50. The second kappa shape index (κ2) is 5.81. The predicted octanol–water partition coefficient (Wildman–Crippen LogP) is 1.48. The molecule has 0 radical (unpaired) electrons. The van der Waals surface area contributed by atoms with E-state index in [9.17, 15) is 0 Å². The lowest BCUT2D eigenvalue weighted by Crippen LogP contribution is -2.08. The van der Waals surface area contributed by atoms with Crippen LogP contribution < -0.4 is 10.1 Å². The Kier molecular flexibility index (Phi) is 3.90. The molecule has 0 fully saturated rings. The topological polar surface area (TPSA) is 64.9 Å². The van der Waals surface area contributed by atoms with E-state index in [1.165, 1.54) is 0 Å².